The van der Waals surface area contributed by atoms with Gasteiger partial charge in [-0.2, -0.15) is 0 Å². The van der Waals surface area contributed by atoms with Crippen molar-refractivity contribution in [3.05, 3.63) is 35.4 Å². The predicted molar refractivity (Wildman–Crippen MR) is 58.7 cm³/mol. The van der Waals surface area contributed by atoms with Crippen LogP contribution in [0.1, 0.15) is 30.4 Å². The molecule has 0 aromatic heterocycles. The lowest BCUT2D eigenvalue weighted by Crippen LogP contribution is -2.17. The molecule has 3 heteroatoms. The number of carbonyl (C=O) groups excluding carboxylic acids is 1. The van der Waals surface area contributed by atoms with Gasteiger partial charge in [0.25, 0.3) is 0 Å². The maximum Gasteiger partial charge on any atom is 0.243 e. The van der Waals surface area contributed by atoms with E-state index in [1.807, 2.05) is 0 Å². The Morgan fingerprint density at radius 1 is 1.27 bits per heavy atom. The molecule has 82 valence electrons. The molecule has 3 nitrogen and oxygen atoms in total. The number of hydrogen-bond acceptors (Lipinski definition) is 2. The summed E-state index contributed by atoms with van der Waals surface area (Å²) in [6.07, 6.45) is 3.15. The minimum Gasteiger partial charge on any atom is -0.289 e. The van der Waals surface area contributed by atoms with E-state index in [2.05, 4.69) is 31.2 Å². The van der Waals surface area contributed by atoms with E-state index < -0.39 is 0 Å². The van der Waals surface area contributed by atoms with Crippen molar-refractivity contribution >= 4 is 5.91 Å². The largest absolute Gasteiger partial charge is 0.289 e. The van der Waals surface area contributed by atoms with Crippen molar-refractivity contribution in [2.24, 2.45) is 0 Å². The number of amides is 1. The van der Waals surface area contributed by atoms with Crippen LogP contribution in [0.15, 0.2) is 24.3 Å². The van der Waals surface area contributed by atoms with Gasteiger partial charge in [0.05, 0.1) is 0 Å². The predicted octanol–water partition coefficient (Wildman–Crippen LogP) is 2.21. The van der Waals surface area contributed by atoms with Gasteiger partial charge in [0.1, 0.15) is 0 Å². The standard InChI is InChI=1S/C12H17NO2/c1-10-6-8-11(9-7-10)4-2-3-5-12(14)13-15/h6-9,15H,2-5H2,1H3,(H,13,14). The van der Waals surface area contributed by atoms with Gasteiger partial charge in [0.15, 0.2) is 0 Å². The van der Waals surface area contributed by atoms with Crippen LogP contribution < -0.4 is 5.48 Å². The molecule has 1 amide bonds. The molecule has 0 unspecified atom stereocenters. The van der Waals surface area contributed by atoms with Crippen molar-refractivity contribution in [2.75, 3.05) is 0 Å². The van der Waals surface area contributed by atoms with Gasteiger partial charge in [0, 0.05) is 6.42 Å². The minimum atomic E-state index is -0.307. The Balaban J connectivity index is 2.20. The van der Waals surface area contributed by atoms with E-state index in [4.69, 9.17) is 5.21 Å². The van der Waals surface area contributed by atoms with Gasteiger partial charge >= 0.3 is 0 Å². The highest BCUT2D eigenvalue weighted by Gasteiger charge is 1.98. The van der Waals surface area contributed by atoms with Gasteiger partial charge < -0.3 is 0 Å². The lowest BCUT2D eigenvalue weighted by atomic mass is 10.1. The lowest BCUT2D eigenvalue weighted by molar-refractivity contribution is -0.129. The Labute approximate surface area is 90.1 Å². The molecule has 0 aliphatic rings. The molecule has 0 aliphatic heterocycles. The molecule has 1 aromatic carbocycles. The molecular weight excluding hydrogens is 190 g/mol. The van der Waals surface area contributed by atoms with Crippen molar-refractivity contribution in [3.63, 3.8) is 0 Å². The zero-order valence-corrected chi connectivity index (χ0v) is 8.99. The van der Waals surface area contributed by atoms with Crippen molar-refractivity contribution in [2.45, 2.75) is 32.6 Å². The number of nitrogens with one attached hydrogen (secondary N) is 1. The van der Waals surface area contributed by atoms with Crippen LogP contribution in [-0.4, -0.2) is 11.1 Å². The third-order valence-corrected chi connectivity index (χ3v) is 2.36. The van der Waals surface area contributed by atoms with Crippen molar-refractivity contribution in [3.8, 4) is 0 Å². The zero-order valence-electron chi connectivity index (χ0n) is 8.99. The number of carbonyl (C=O) groups is 1. The van der Waals surface area contributed by atoms with Crippen LogP contribution in [0.2, 0.25) is 0 Å². The van der Waals surface area contributed by atoms with Crippen LogP contribution in [0, 0.1) is 6.92 Å². The second-order valence-electron chi connectivity index (χ2n) is 3.73. The Kier molecular flexibility index (Phi) is 4.84. The van der Waals surface area contributed by atoms with Crippen LogP contribution in [0.3, 0.4) is 0 Å². The quantitative estimate of drug-likeness (QED) is 0.442. The fourth-order valence-corrected chi connectivity index (χ4v) is 1.43. The Morgan fingerprint density at radius 2 is 1.93 bits per heavy atom. The van der Waals surface area contributed by atoms with Crippen molar-refractivity contribution in [1.82, 2.24) is 5.48 Å². The summed E-state index contributed by atoms with van der Waals surface area (Å²) in [5.74, 6) is -0.307. The van der Waals surface area contributed by atoms with Gasteiger partial charge in [-0.1, -0.05) is 29.8 Å². The molecule has 0 aliphatic carbocycles. The fourth-order valence-electron chi connectivity index (χ4n) is 1.43. The van der Waals surface area contributed by atoms with Crippen molar-refractivity contribution in [1.29, 1.82) is 0 Å². The first kappa shape index (κ1) is 11.7. The van der Waals surface area contributed by atoms with Gasteiger partial charge in [-0.25, -0.2) is 5.48 Å². The maximum atomic E-state index is 10.7. The molecular formula is C12H17NO2. The molecule has 0 fully saturated rings. The first-order valence-corrected chi connectivity index (χ1v) is 5.21. The van der Waals surface area contributed by atoms with Gasteiger partial charge in [-0.15, -0.1) is 0 Å². The molecule has 1 rings (SSSR count). The third kappa shape index (κ3) is 4.61. The molecule has 0 saturated heterocycles. The molecule has 2 N–H and O–H groups in total. The second kappa shape index (κ2) is 6.19. The topological polar surface area (TPSA) is 49.3 Å². The number of rotatable bonds is 5. The maximum absolute atomic E-state index is 10.7. The van der Waals surface area contributed by atoms with Crippen LogP contribution in [-0.2, 0) is 11.2 Å². The number of unbranched alkanes of at least 4 members (excludes halogenated alkanes) is 1. The Morgan fingerprint density at radius 3 is 2.53 bits per heavy atom. The first-order chi connectivity index (χ1) is 7.22. The van der Waals surface area contributed by atoms with E-state index >= 15 is 0 Å². The van der Waals surface area contributed by atoms with Crippen LogP contribution >= 0.6 is 0 Å². The fraction of sp³-hybridized carbons (Fsp3) is 0.417. The molecule has 0 heterocycles. The average molecular weight is 207 g/mol. The monoisotopic (exact) mass is 207 g/mol. The Hall–Kier alpha value is -1.35. The van der Waals surface area contributed by atoms with E-state index in [0.29, 0.717) is 6.42 Å². The molecule has 0 saturated carbocycles. The summed E-state index contributed by atoms with van der Waals surface area (Å²) in [4.78, 5) is 10.7. The van der Waals surface area contributed by atoms with E-state index in [1.54, 1.807) is 5.48 Å². The highest BCUT2D eigenvalue weighted by Crippen LogP contribution is 2.08. The van der Waals surface area contributed by atoms with E-state index in [9.17, 15) is 4.79 Å². The van der Waals surface area contributed by atoms with Crippen LogP contribution in [0.25, 0.3) is 0 Å². The Bertz CT molecular complexity index is 306. The van der Waals surface area contributed by atoms with Crippen molar-refractivity contribution < 1.29 is 10.0 Å². The first-order valence-electron chi connectivity index (χ1n) is 5.21. The summed E-state index contributed by atoms with van der Waals surface area (Å²) in [7, 11) is 0. The van der Waals surface area contributed by atoms with E-state index in [1.165, 1.54) is 11.1 Å². The van der Waals surface area contributed by atoms with Gasteiger partial charge in [-0.05, 0) is 31.7 Å². The summed E-state index contributed by atoms with van der Waals surface area (Å²) in [5.41, 5.74) is 4.19. The summed E-state index contributed by atoms with van der Waals surface area (Å²) < 4.78 is 0. The van der Waals surface area contributed by atoms with E-state index in [0.717, 1.165) is 19.3 Å². The number of hydroxylamine groups is 1. The van der Waals surface area contributed by atoms with E-state index in [-0.39, 0.29) is 5.91 Å². The second-order valence-corrected chi connectivity index (χ2v) is 3.73. The smallest absolute Gasteiger partial charge is 0.243 e. The van der Waals surface area contributed by atoms with Crippen LogP contribution in [0.4, 0.5) is 0 Å². The molecule has 0 bridgehead atoms. The summed E-state index contributed by atoms with van der Waals surface area (Å²) >= 11 is 0. The van der Waals surface area contributed by atoms with Gasteiger partial charge in [-0.3, -0.25) is 10.0 Å². The number of hydrogen-bond donors (Lipinski definition) is 2. The highest BCUT2D eigenvalue weighted by atomic mass is 16.5. The average Bonchev–Trinajstić information content (AvgIpc) is 2.26. The molecule has 0 spiro atoms. The minimum absolute atomic E-state index is 0.307. The molecule has 1 aromatic rings. The summed E-state index contributed by atoms with van der Waals surface area (Å²) in [6.45, 7) is 2.06. The lowest BCUT2D eigenvalue weighted by Gasteiger charge is -2.01. The zero-order chi connectivity index (χ0) is 11.1. The molecule has 0 atom stereocenters. The highest BCUT2D eigenvalue weighted by molar-refractivity contribution is 5.74. The van der Waals surface area contributed by atoms with Gasteiger partial charge in [0.2, 0.25) is 5.91 Å². The third-order valence-electron chi connectivity index (χ3n) is 2.36. The molecule has 15 heavy (non-hydrogen) atoms. The summed E-state index contributed by atoms with van der Waals surface area (Å²) in [5, 5.41) is 8.28. The van der Waals surface area contributed by atoms with Crippen LogP contribution in [0.5, 0.6) is 0 Å². The molecule has 0 radical (unpaired) electrons. The summed E-state index contributed by atoms with van der Waals surface area (Å²) in [6, 6.07) is 8.41. The number of benzene rings is 1. The normalized spacial score (nSPS) is 10.0. The SMILES string of the molecule is Cc1ccc(CCCCC(=O)NO)cc1. The number of aryl methyl sites for hydroxylation is 2.